The van der Waals surface area contributed by atoms with Crippen LogP contribution in [0.15, 0.2) is 115 Å². The van der Waals surface area contributed by atoms with E-state index in [-0.39, 0.29) is 5.60 Å². The van der Waals surface area contributed by atoms with E-state index in [1.54, 1.807) is 7.11 Å². The summed E-state index contributed by atoms with van der Waals surface area (Å²) in [6.45, 7) is 18.8. The SMILES string of the molecule is CCCc1ccc(C2=Cc3cc(C)c4c(c3OC2)C=CC(C)(C)O4)c(OCc2ccc(C)cc2)c1.CCc1ccc(C2=Cc3cc(OC)c4c(c3OC2)C=CC(C)(C)O4)c(OCc2ccccc2)c1. The average molecular weight is 921 g/mol. The molecule has 4 aliphatic rings. The van der Waals surface area contributed by atoms with Crippen molar-refractivity contribution in [2.45, 2.75) is 99.1 Å². The molecule has 10 rings (SSSR count). The van der Waals surface area contributed by atoms with Crippen molar-refractivity contribution in [3.05, 3.63) is 182 Å². The first-order chi connectivity index (χ1) is 33.3. The van der Waals surface area contributed by atoms with Gasteiger partial charge in [-0.25, -0.2) is 0 Å². The lowest BCUT2D eigenvalue weighted by molar-refractivity contribution is 0.151. The molecule has 4 aliphatic heterocycles. The number of hydrogen-bond acceptors (Lipinski definition) is 7. The van der Waals surface area contributed by atoms with Gasteiger partial charge < -0.3 is 33.2 Å². The largest absolute Gasteiger partial charge is 0.493 e. The Morgan fingerprint density at radius 1 is 0.536 bits per heavy atom. The van der Waals surface area contributed by atoms with Crippen molar-refractivity contribution < 1.29 is 33.2 Å². The third kappa shape index (κ3) is 10.5. The van der Waals surface area contributed by atoms with Gasteiger partial charge in [0.1, 0.15) is 66.4 Å². The average Bonchev–Trinajstić information content (AvgIpc) is 3.35. The van der Waals surface area contributed by atoms with E-state index in [0.29, 0.717) is 32.2 Å². The number of rotatable bonds is 12. The van der Waals surface area contributed by atoms with Gasteiger partial charge in [-0.3, -0.25) is 0 Å². The van der Waals surface area contributed by atoms with Crippen molar-refractivity contribution in [3.63, 3.8) is 0 Å². The van der Waals surface area contributed by atoms with Crippen molar-refractivity contribution in [2.24, 2.45) is 0 Å². The van der Waals surface area contributed by atoms with Crippen LogP contribution in [-0.2, 0) is 26.1 Å². The highest BCUT2D eigenvalue weighted by molar-refractivity contribution is 5.92. The van der Waals surface area contributed by atoms with E-state index < -0.39 is 5.60 Å². The fraction of sp³-hybridized carbons (Fsp3) is 0.290. The number of fused-ring (bicyclic) bond motifs is 6. The summed E-state index contributed by atoms with van der Waals surface area (Å²) in [7, 11) is 1.67. The molecule has 6 aromatic carbocycles. The minimum absolute atomic E-state index is 0.314. The predicted molar refractivity (Wildman–Crippen MR) is 281 cm³/mol. The van der Waals surface area contributed by atoms with E-state index in [1.807, 2.05) is 38.1 Å². The molecule has 0 unspecified atom stereocenters. The van der Waals surface area contributed by atoms with Crippen LogP contribution in [0.5, 0.6) is 40.2 Å². The summed E-state index contributed by atoms with van der Waals surface area (Å²) in [5.41, 5.74) is 14.8. The van der Waals surface area contributed by atoms with Gasteiger partial charge in [0.15, 0.2) is 11.5 Å². The van der Waals surface area contributed by atoms with E-state index in [0.717, 1.165) is 109 Å². The van der Waals surface area contributed by atoms with E-state index in [1.165, 1.54) is 22.3 Å². The molecule has 6 aromatic rings. The summed E-state index contributed by atoms with van der Waals surface area (Å²) in [5, 5.41) is 0. The molecular formula is C62H64O7. The van der Waals surface area contributed by atoms with Gasteiger partial charge >= 0.3 is 0 Å². The number of hydrogen-bond donors (Lipinski definition) is 0. The number of ether oxygens (including phenoxy) is 7. The molecule has 7 nitrogen and oxygen atoms in total. The monoisotopic (exact) mass is 920 g/mol. The van der Waals surface area contributed by atoms with Crippen LogP contribution in [-0.4, -0.2) is 31.5 Å². The summed E-state index contributed by atoms with van der Waals surface area (Å²) in [5.74, 6) is 5.85. The smallest absolute Gasteiger partial charge is 0.173 e. The highest BCUT2D eigenvalue weighted by Gasteiger charge is 2.31. The van der Waals surface area contributed by atoms with Crippen LogP contribution < -0.4 is 33.2 Å². The minimum atomic E-state index is -0.393. The van der Waals surface area contributed by atoms with Crippen molar-refractivity contribution in [3.8, 4) is 40.2 Å². The quantitative estimate of drug-likeness (QED) is 0.121. The maximum atomic E-state index is 6.40. The molecule has 0 aliphatic carbocycles. The maximum Gasteiger partial charge on any atom is 0.173 e. The number of aryl methyl sites for hydroxylation is 4. The summed E-state index contributed by atoms with van der Waals surface area (Å²) in [6, 6.07) is 36.0. The van der Waals surface area contributed by atoms with Gasteiger partial charge in [-0.15, -0.1) is 0 Å². The molecule has 4 heterocycles. The molecule has 0 radical (unpaired) electrons. The molecule has 7 heteroatoms. The lowest BCUT2D eigenvalue weighted by atomic mass is 9.93. The Hall–Kier alpha value is -7.12. The Bertz CT molecular complexity index is 2990. The predicted octanol–water partition coefficient (Wildman–Crippen LogP) is 14.9. The van der Waals surface area contributed by atoms with Gasteiger partial charge in [-0.2, -0.15) is 0 Å². The van der Waals surface area contributed by atoms with Gasteiger partial charge in [-0.1, -0.05) is 105 Å². The van der Waals surface area contributed by atoms with Crippen LogP contribution in [0.1, 0.15) is 115 Å². The zero-order valence-corrected chi connectivity index (χ0v) is 41.6. The molecule has 0 N–H and O–H groups in total. The second kappa shape index (κ2) is 19.8. The van der Waals surface area contributed by atoms with Gasteiger partial charge in [0.2, 0.25) is 0 Å². The first-order valence-corrected chi connectivity index (χ1v) is 24.3. The van der Waals surface area contributed by atoms with Gasteiger partial charge in [0.25, 0.3) is 0 Å². The molecular weight excluding hydrogens is 857 g/mol. The molecule has 69 heavy (non-hydrogen) atoms. The summed E-state index contributed by atoms with van der Waals surface area (Å²) >= 11 is 0. The molecule has 0 fully saturated rings. The minimum Gasteiger partial charge on any atom is -0.493 e. The molecule has 0 saturated heterocycles. The molecule has 0 amide bonds. The molecule has 0 bridgehead atoms. The van der Waals surface area contributed by atoms with E-state index in [2.05, 4.69) is 157 Å². The first-order valence-electron chi connectivity index (χ1n) is 24.3. The molecule has 0 spiro atoms. The van der Waals surface area contributed by atoms with Crippen LogP contribution in [0.3, 0.4) is 0 Å². The summed E-state index contributed by atoms with van der Waals surface area (Å²) in [4.78, 5) is 0. The van der Waals surface area contributed by atoms with E-state index in [9.17, 15) is 0 Å². The van der Waals surface area contributed by atoms with E-state index >= 15 is 0 Å². The summed E-state index contributed by atoms with van der Waals surface area (Å²) < 4.78 is 43.5. The van der Waals surface area contributed by atoms with Gasteiger partial charge in [-0.05, 0) is 143 Å². The van der Waals surface area contributed by atoms with Crippen molar-refractivity contribution in [1.82, 2.24) is 0 Å². The standard InChI is InChI=1S/C32H34O3.C30H30O4/c1-6-7-23-12-13-27(29(17-23)33-19-24-10-8-21(2)9-11-24)26-18-25-16-22(3)30-28(31(25)34-20-26)14-15-32(4,5)35-30;1-5-20-11-12-24(26(15-20)32-18-21-9-7-6-8-10-21)23-16-22-17-27(31-4)29-25(28(22)33-19-23)13-14-30(2,3)34-29/h8-18H,6-7,19-20H2,1-5H3;6-17H,5,18-19H2,1-4H3. The normalized spacial score (nSPS) is 15.4. The number of methoxy groups -OCH3 is 1. The lowest BCUT2D eigenvalue weighted by Crippen LogP contribution is -2.28. The highest BCUT2D eigenvalue weighted by atomic mass is 16.5. The van der Waals surface area contributed by atoms with Crippen LogP contribution in [0.25, 0.3) is 35.5 Å². The topological polar surface area (TPSA) is 64.6 Å². The van der Waals surface area contributed by atoms with Crippen LogP contribution in [0.2, 0.25) is 0 Å². The molecule has 0 atom stereocenters. The molecule has 354 valence electrons. The van der Waals surface area contributed by atoms with Crippen LogP contribution in [0.4, 0.5) is 0 Å². The fourth-order valence-corrected chi connectivity index (χ4v) is 9.11. The Balaban J connectivity index is 0.000000172. The lowest BCUT2D eigenvalue weighted by Gasteiger charge is -2.31. The second-order valence-corrected chi connectivity index (χ2v) is 19.4. The van der Waals surface area contributed by atoms with E-state index in [4.69, 9.17) is 33.2 Å². The number of benzene rings is 6. The first kappa shape index (κ1) is 47.0. The fourth-order valence-electron chi connectivity index (χ4n) is 9.11. The third-order valence-electron chi connectivity index (χ3n) is 12.9. The van der Waals surface area contributed by atoms with Crippen molar-refractivity contribution >= 4 is 35.5 Å². The van der Waals surface area contributed by atoms with Gasteiger partial charge in [0.05, 0.1) is 18.2 Å². The molecule has 0 aromatic heterocycles. The summed E-state index contributed by atoms with van der Waals surface area (Å²) in [6.07, 6.45) is 15.9. The van der Waals surface area contributed by atoms with Crippen molar-refractivity contribution in [1.29, 1.82) is 0 Å². The zero-order chi connectivity index (χ0) is 48.3. The van der Waals surface area contributed by atoms with Crippen LogP contribution >= 0.6 is 0 Å². The van der Waals surface area contributed by atoms with Crippen LogP contribution in [0, 0.1) is 13.8 Å². The third-order valence-corrected chi connectivity index (χ3v) is 12.9. The Labute approximate surface area is 408 Å². The Morgan fingerprint density at radius 3 is 1.64 bits per heavy atom. The second-order valence-electron chi connectivity index (χ2n) is 19.4. The zero-order valence-electron chi connectivity index (χ0n) is 41.6. The molecule has 0 saturated carbocycles. The van der Waals surface area contributed by atoms with Gasteiger partial charge in [0, 0.05) is 33.4 Å². The Morgan fingerprint density at radius 2 is 1.06 bits per heavy atom. The van der Waals surface area contributed by atoms with Crippen molar-refractivity contribution in [2.75, 3.05) is 20.3 Å². The maximum absolute atomic E-state index is 6.40. The Kier molecular flexibility index (Phi) is 13.5. The highest BCUT2D eigenvalue weighted by Crippen LogP contribution is 2.49.